The minimum absolute atomic E-state index is 0.00796. The lowest BCUT2D eigenvalue weighted by Crippen LogP contribution is -2.44. The SMILES string of the molecule is Cc1cc2c(=O)n(CC(=O)N3CC(C)CC(C)C3)cnc2s1. The standard InChI is InChI=1S/C16H21N3O2S/c1-10-4-11(2)7-18(6-10)14(20)8-19-9-17-15-13(16(19)21)5-12(3)22-15/h5,9-11H,4,6-8H2,1-3H3. The van der Waals surface area contributed by atoms with Gasteiger partial charge in [0, 0.05) is 18.0 Å². The largest absolute Gasteiger partial charge is 0.341 e. The van der Waals surface area contributed by atoms with Crippen LogP contribution in [0.1, 0.15) is 25.1 Å². The summed E-state index contributed by atoms with van der Waals surface area (Å²) in [5, 5.41) is 0.609. The number of carbonyl (C=O) groups is 1. The molecule has 0 bridgehead atoms. The summed E-state index contributed by atoms with van der Waals surface area (Å²) in [6.07, 6.45) is 2.65. The first-order chi connectivity index (χ1) is 10.4. The molecule has 0 N–H and O–H groups in total. The van der Waals surface area contributed by atoms with Crippen LogP contribution in [0.4, 0.5) is 0 Å². The van der Waals surface area contributed by atoms with Gasteiger partial charge in [-0.2, -0.15) is 0 Å². The fourth-order valence-electron chi connectivity index (χ4n) is 3.31. The van der Waals surface area contributed by atoms with E-state index in [0.29, 0.717) is 17.2 Å². The molecule has 118 valence electrons. The summed E-state index contributed by atoms with van der Waals surface area (Å²) in [6.45, 7) is 7.94. The van der Waals surface area contributed by atoms with E-state index in [-0.39, 0.29) is 18.0 Å². The van der Waals surface area contributed by atoms with E-state index >= 15 is 0 Å². The summed E-state index contributed by atoms with van der Waals surface area (Å²) in [5.74, 6) is 1.04. The number of nitrogens with zero attached hydrogens (tertiary/aromatic N) is 3. The molecule has 1 fully saturated rings. The second-order valence-electron chi connectivity index (χ2n) is 6.50. The van der Waals surface area contributed by atoms with Crippen LogP contribution >= 0.6 is 11.3 Å². The molecule has 3 rings (SSSR count). The molecule has 0 radical (unpaired) electrons. The third-order valence-electron chi connectivity index (χ3n) is 4.17. The Kier molecular flexibility index (Phi) is 4.04. The highest BCUT2D eigenvalue weighted by molar-refractivity contribution is 7.18. The van der Waals surface area contributed by atoms with Crippen LogP contribution in [0.15, 0.2) is 17.2 Å². The molecular formula is C16H21N3O2S. The molecular weight excluding hydrogens is 298 g/mol. The number of thiophene rings is 1. The summed E-state index contributed by atoms with van der Waals surface area (Å²) in [6, 6.07) is 1.85. The van der Waals surface area contributed by atoms with Gasteiger partial charge in [-0.1, -0.05) is 13.8 Å². The quantitative estimate of drug-likeness (QED) is 0.853. The molecule has 22 heavy (non-hydrogen) atoms. The first-order valence-corrected chi connectivity index (χ1v) is 8.49. The van der Waals surface area contributed by atoms with Gasteiger partial charge in [-0.15, -0.1) is 11.3 Å². The molecule has 3 heterocycles. The number of piperidine rings is 1. The first-order valence-electron chi connectivity index (χ1n) is 7.67. The van der Waals surface area contributed by atoms with Crippen LogP contribution in [-0.2, 0) is 11.3 Å². The number of hydrogen-bond donors (Lipinski definition) is 0. The van der Waals surface area contributed by atoms with Crippen LogP contribution in [0.2, 0.25) is 0 Å². The number of hydrogen-bond acceptors (Lipinski definition) is 4. The van der Waals surface area contributed by atoms with E-state index in [0.717, 1.165) is 29.2 Å². The molecule has 0 saturated carbocycles. The Morgan fingerprint density at radius 3 is 2.73 bits per heavy atom. The van der Waals surface area contributed by atoms with Crippen molar-refractivity contribution in [2.24, 2.45) is 11.8 Å². The fraction of sp³-hybridized carbons (Fsp3) is 0.562. The number of aryl methyl sites for hydroxylation is 1. The lowest BCUT2D eigenvalue weighted by atomic mass is 9.92. The average Bonchev–Trinajstić information content (AvgIpc) is 2.82. The zero-order valence-electron chi connectivity index (χ0n) is 13.2. The van der Waals surface area contributed by atoms with Gasteiger partial charge in [-0.3, -0.25) is 14.2 Å². The second kappa shape index (κ2) is 5.83. The zero-order valence-corrected chi connectivity index (χ0v) is 14.0. The fourth-order valence-corrected chi connectivity index (χ4v) is 4.14. The van der Waals surface area contributed by atoms with Crippen molar-refractivity contribution in [3.8, 4) is 0 Å². The van der Waals surface area contributed by atoms with Crippen LogP contribution in [0.3, 0.4) is 0 Å². The van der Waals surface area contributed by atoms with Crippen LogP contribution in [0.5, 0.6) is 0 Å². The Morgan fingerprint density at radius 1 is 1.36 bits per heavy atom. The minimum Gasteiger partial charge on any atom is -0.341 e. The minimum atomic E-state index is -0.124. The van der Waals surface area contributed by atoms with E-state index in [1.807, 2.05) is 17.9 Å². The molecule has 6 heteroatoms. The zero-order chi connectivity index (χ0) is 15.9. The molecule has 1 amide bonds. The van der Waals surface area contributed by atoms with Crippen molar-refractivity contribution in [1.82, 2.24) is 14.5 Å². The third kappa shape index (κ3) is 2.92. The molecule has 0 aliphatic carbocycles. The van der Waals surface area contributed by atoms with Gasteiger partial charge in [0.15, 0.2) is 0 Å². The van der Waals surface area contributed by atoms with E-state index < -0.39 is 0 Å². The van der Waals surface area contributed by atoms with E-state index in [4.69, 9.17) is 0 Å². The molecule has 0 spiro atoms. The maximum absolute atomic E-state index is 12.5. The summed E-state index contributed by atoms with van der Waals surface area (Å²) in [7, 11) is 0. The highest BCUT2D eigenvalue weighted by Crippen LogP contribution is 2.21. The number of carbonyl (C=O) groups excluding carboxylic acids is 1. The second-order valence-corrected chi connectivity index (χ2v) is 7.73. The van der Waals surface area contributed by atoms with Gasteiger partial charge in [0.25, 0.3) is 5.56 Å². The van der Waals surface area contributed by atoms with Gasteiger partial charge >= 0.3 is 0 Å². The van der Waals surface area contributed by atoms with Gasteiger partial charge < -0.3 is 4.90 Å². The van der Waals surface area contributed by atoms with Crippen molar-refractivity contribution < 1.29 is 4.79 Å². The Morgan fingerprint density at radius 2 is 2.05 bits per heavy atom. The molecule has 2 aromatic heterocycles. The number of amides is 1. The van der Waals surface area contributed by atoms with Crippen molar-refractivity contribution >= 4 is 27.5 Å². The molecule has 2 aromatic rings. The van der Waals surface area contributed by atoms with Crippen molar-refractivity contribution in [2.45, 2.75) is 33.7 Å². The van der Waals surface area contributed by atoms with E-state index in [1.54, 1.807) is 0 Å². The van der Waals surface area contributed by atoms with E-state index in [9.17, 15) is 9.59 Å². The van der Waals surface area contributed by atoms with Crippen LogP contribution in [-0.4, -0.2) is 33.4 Å². The third-order valence-corrected chi connectivity index (χ3v) is 5.13. The molecule has 1 aliphatic heterocycles. The number of fused-ring (bicyclic) bond motifs is 1. The Hall–Kier alpha value is -1.69. The molecule has 1 saturated heterocycles. The Bertz CT molecular complexity index is 754. The molecule has 2 unspecified atom stereocenters. The van der Waals surface area contributed by atoms with Gasteiger partial charge in [0.1, 0.15) is 11.4 Å². The lowest BCUT2D eigenvalue weighted by Gasteiger charge is -2.35. The monoisotopic (exact) mass is 319 g/mol. The highest BCUT2D eigenvalue weighted by Gasteiger charge is 2.25. The first kappa shape index (κ1) is 15.2. The van der Waals surface area contributed by atoms with E-state index in [2.05, 4.69) is 18.8 Å². The van der Waals surface area contributed by atoms with Gasteiger partial charge in [0.2, 0.25) is 5.91 Å². The smallest absolute Gasteiger partial charge is 0.262 e. The number of likely N-dealkylation sites (tertiary alicyclic amines) is 1. The highest BCUT2D eigenvalue weighted by atomic mass is 32.1. The maximum atomic E-state index is 12.5. The Balaban J connectivity index is 1.82. The molecule has 2 atom stereocenters. The van der Waals surface area contributed by atoms with Crippen LogP contribution in [0.25, 0.3) is 10.2 Å². The number of rotatable bonds is 2. The summed E-state index contributed by atoms with van der Waals surface area (Å²) >= 11 is 1.50. The summed E-state index contributed by atoms with van der Waals surface area (Å²) < 4.78 is 1.43. The molecule has 1 aliphatic rings. The lowest BCUT2D eigenvalue weighted by molar-refractivity contribution is -0.134. The van der Waals surface area contributed by atoms with E-state index in [1.165, 1.54) is 22.2 Å². The number of aromatic nitrogens is 2. The molecule has 0 aromatic carbocycles. The predicted octanol–water partition coefficient (Wildman–Crippen LogP) is 2.27. The normalized spacial score (nSPS) is 22.2. The average molecular weight is 319 g/mol. The Labute approximate surface area is 133 Å². The van der Waals surface area contributed by atoms with Crippen LogP contribution < -0.4 is 5.56 Å². The summed E-state index contributed by atoms with van der Waals surface area (Å²) in [4.78, 5) is 32.9. The van der Waals surface area contributed by atoms with Crippen molar-refractivity contribution in [3.05, 3.63) is 27.6 Å². The van der Waals surface area contributed by atoms with Crippen molar-refractivity contribution in [3.63, 3.8) is 0 Å². The van der Waals surface area contributed by atoms with Crippen LogP contribution in [0, 0.1) is 18.8 Å². The molecule has 5 nitrogen and oxygen atoms in total. The van der Waals surface area contributed by atoms with Gasteiger partial charge in [-0.25, -0.2) is 4.98 Å². The summed E-state index contributed by atoms with van der Waals surface area (Å²) in [5.41, 5.74) is -0.124. The van der Waals surface area contributed by atoms with Gasteiger partial charge in [-0.05, 0) is 31.2 Å². The maximum Gasteiger partial charge on any atom is 0.262 e. The van der Waals surface area contributed by atoms with Crippen molar-refractivity contribution in [2.75, 3.05) is 13.1 Å². The van der Waals surface area contributed by atoms with Gasteiger partial charge in [0.05, 0.1) is 11.7 Å². The van der Waals surface area contributed by atoms with Crippen molar-refractivity contribution in [1.29, 1.82) is 0 Å². The topological polar surface area (TPSA) is 55.2 Å². The predicted molar refractivity (Wildman–Crippen MR) is 88.1 cm³/mol.